The average molecular weight is 483 g/mol. The highest BCUT2D eigenvalue weighted by molar-refractivity contribution is 8.01. The van der Waals surface area contributed by atoms with Gasteiger partial charge < -0.3 is 10.2 Å². The number of nitrogens with zero attached hydrogens (tertiary/aromatic N) is 1. The van der Waals surface area contributed by atoms with Crippen LogP contribution in [-0.4, -0.2) is 30.0 Å². The summed E-state index contributed by atoms with van der Waals surface area (Å²) in [6.45, 7) is 2.15. The second-order valence-electron chi connectivity index (χ2n) is 8.22. The van der Waals surface area contributed by atoms with E-state index in [1.54, 1.807) is 17.4 Å². The lowest BCUT2D eigenvalue weighted by molar-refractivity contribution is -0.132. The highest BCUT2D eigenvalue weighted by atomic mass is 35.5. The van der Waals surface area contributed by atoms with Crippen molar-refractivity contribution < 1.29 is 9.59 Å². The van der Waals surface area contributed by atoms with Gasteiger partial charge in [-0.3, -0.25) is 9.59 Å². The molecular formula is C25H23ClN2O2S2. The van der Waals surface area contributed by atoms with Gasteiger partial charge in [-0.2, -0.15) is 11.3 Å². The molecule has 3 heterocycles. The molecule has 7 heteroatoms. The molecule has 0 aliphatic carbocycles. The first-order valence-electron chi connectivity index (χ1n) is 10.7. The minimum atomic E-state index is -0.852. The van der Waals surface area contributed by atoms with E-state index in [-0.39, 0.29) is 18.1 Å². The number of nitrogens with one attached hydrogen (secondary N) is 1. The van der Waals surface area contributed by atoms with Crippen molar-refractivity contribution in [3.63, 3.8) is 0 Å². The topological polar surface area (TPSA) is 49.4 Å². The van der Waals surface area contributed by atoms with Gasteiger partial charge in [0.25, 0.3) is 0 Å². The SMILES string of the molecule is O=C1CC(c2ccc(N3CCCC3)cc2)(c2ccsc2)NC(=O)C1Sc1ccccc1Cl. The molecule has 2 saturated heterocycles. The number of amides is 1. The molecule has 2 aromatic carbocycles. The number of ketones is 1. The van der Waals surface area contributed by atoms with Crippen LogP contribution in [-0.2, 0) is 15.1 Å². The number of benzene rings is 2. The Hall–Kier alpha value is -2.28. The largest absolute Gasteiger partial charge is 0.372 e. The molecule has 5 rings (SSSR count). The Morgan fingerprint density at radius 2 is 1.75 bits per heavy atom. The van der Waals surface area contributed by atoms with Crippen LogP contribution in [0.1, 0.15) is 30.4 Å². The van der Waals surface area contributed by atoms with E-state index < -0.39 is 10.8 Å². The third-order valence-corrected chi connectivity index (χ3v) is 8.68. The van der Waals surface area contributed by atoms with Crippen molar-refractivity contribution in [3.8, 4) is 0 Å². The first-order valence-corrected chi connectivity index (χ1v) is 12.9. The van der Waals surface area contributed by atoms with Crippen molar-refractivity contribution in [2.75, 3.05) is 18.0 Å². The first kappa shape index (κ1) is 21.6. The summed E-state index contributed by atoms with van der Waals surface area (Å²) in [5.74, 6) is -0.366. The Labute approximate surface area is 201 Å². The van der Waals surface area contributed by atoms with E-state index in [4.69, 9.17) is 11.6 Å². The minimum Gasteiger partial charge on any atom is -0.372 e. The van der Waals surface area contributed by atoms with Crippen LogP contribution in [0.4, 0.5) is 5.69 Å². The lowest BCUT2D eigenvalue weighted by Gasteiger charge is -2.40. The molecule has 1 N–H and O–H groups in total. The molecule has 0 radical (unpaired) electrons. The molecule has 2 fully saturated rings. The predicted molar refractivity (Wildman–Crippen MR) is 132 cm³/mol. The molecule has 2 aliphatic heterocycles. The van der Waals surface area contributed by atoms with Gasteiger partial charge in [0.15, 0.2) is 5.78 Å². The summed E-state index contributed by atoms with van der Waals surface area (Å²) in [6, 6.07) is 17.6. The molecule has 2 aliphatic rings. The fraction of sp³-hybridized carbons (Fsp3) is 0.280. The number of hydrogen-bond donors (Lipinski definition) is 1. The zero-order valence-corrected chi connectivity index (χ0v) is 19.8. The van der Waals surface area contributed by atoms with Crippen molar-refractivity contribution >= 4 is 52.1 Å². The number of halogens is 1. The molecule has 4 nitrogen and oxygen atoms in total. The van der Waals surface area contributed by atoms with Crippen LogP contribution >= 0.6 is 34.7 Å². The highest BCUT2D eigenvalue weighted by Gasteiger charge is 2.47. The summed E-state index contributed by atoms with van der Waals surface area (Å²) in [4.78, 5) is 29.7. The standard InChI is InChI=1S/C25H23ClN2O2S2/c26-20-5-1-2-6-22(20)32-23-21(29)15-25(27-24(23)30,18-11-14-31-16-18)17-7-9-19(10-8-17)28-12-3-4-13-28/h1-2,5-11,14,16,23H,3-4,12-13,15H2,(H,27,30). The Bertz CT molecular complexity index is 1110. The smallest absolute Gasteiger partial charge is 0.242 e. The van der Waals surface area contributed by atoms with Crippen LogP contribution in [0, 0.1) is 0 Å². The van der Waals surface area contributed by atoms with Crippen LogP contribution in [0.3, 0.4) is 0 Å². The zero-order chi connectivity index (χ0) is 22.1. The van der Waals surface area contributed by atoms with Gasteiger partial charge in [0.1, 0.15) is 5.25 Å². The van der Waals surface area contributed by atoms with Crippen molar-refractivity contribution in [2.45, 2.75) is 34.9 Å². The zero-order valence-electron chi connectivity index (χ0n) is 17.4. The van der Waals surface area contributed by atoms with Gasteiger partial charge in [-0.15, -0.1) is 11.8 Å². The van der Waals surface area contributed by atoms with Gasteiger partial charge in [0.05, 0.1) is 10.6 Å². The lowest BCUT2D eigenvalue weighted by Crippen LogP contribution is -2.57. The number of carbonyl (C=O) groups is 2. The van der Waals surface area contributed by atoms with Gasteiger partial charge in [0.2, 0.25) is 5.91 Å². The van der Waals surface area contributed by atoms with Gasteiger partial charge in [0, 0.05) is 30.1 Å². The van der Waals surface area contributed by atoms with E-state index in [1.807, 2.05) is 35.0 Å². The quantitative estimate of drug-likeness (QED) is 0.488. The summed E-state index contributed by atoms with van der Waals surface area (Å²) < 4.78 is 0. The molecule has 1 aromatic heterocycles. The van der Waals surface area contributed by atoms with Crippen LogP contribution < -0.4 is 10.2 Å². The molecular weight excluding hydrogens is 460 g/mol. The average Bonchev–Trinajstić information content (AvgIpc) is 3.52. The summed E-state index contributed by atoms with van der Waals surface area (Å²) in [5, 5.41) is 6.96. The Balaban J connectivity index is 1.46. The molecule has 3 aromatic rings. The number of rotatable bonds is 5. The molecule has 0 saturated carbocycles. The Morgan fingerprint density at radius 1 is 1.00 bits per heavy atom. The van der Waals surface area contributed by atoms with Crippen LogP contribution in [0.2, 0.25) is 5.02 Å². The second-order valence-corrected chi connectivity index (χ2v) is 10.6. The number of Topliss-reactive ketones (excluding diaryl/α,β-unsaturated/α-hetero) is 1. The molecule has 2 unspecified atom stereocenters. The molecule has 0 bridgehead atoms. The fourth-order valence-corrected chi connectivity index (χ4v) is 6.53. The van der Waals surface area contributed by atoms with Gasteiger partial charge in [-0.25, -0.2) is 0 Å². The summed E-state index contributed by atoms with van der Waals surface area (Å²) >= 11 is 9.06. The minimum absolute atomic E-state index is 0.0894. The third-order valence-electron chi connectivity index (χ3n) is 6.23. The highest BCUT2D eigenvalue weighted by Crippen LogP contribution is 2.42. The van der Waals surface area contributed by atoms with E-state index in [2.05, 4.69) is 34.5 Å². The van der Waals surface area contributed by atoms with Gasteiger partial charge in [-0.05, 0) is 65.1 Å². The van der Waals surface area contributed by atoms with Crippen molar-refractivity contribution in [1.82, 2.24) is 5.32 Å². The number of piperidine rings is 1. The van der Waals surface area contributed by atoms with Crippen LogP contribution in [0.25, 0.3) is 0 Å². The van der Waals surface area contributed by atoms with Crippen LogP contribution in [0.5, 0.6) is 0 Å². The van der Waals surface area contributed by atoms with E-state index in [1.165, 1.54) is 30.3 Å². The van der Waals surface area contributed by atoms with Crippen molar-refractivity contribution in [3.05, 3.63) is 81.5 Å². The molecule has 1 amide bonds. The van der Waals surface area contributed by atoms with Crippen molar-refractivity contribution in [1.29, 1.82) is 0 Å². The summed E-state index contributed by atoms with van der Waals surface area (Å²) in [7, 11) is 0. The number of carbonyl (C=O) groups excluding carboxylic acids is 2. The van der Waals surface area contributed by atoms with Gasteiger partial charge >= 0.3 is 0 Å². The number of thiophene rings is 1. The van der Waals surface area contributed by atoms with Crippen molar-refractivity contribution in [2.24, 2.45) is 0 Å². The normalized spacial score (nSPS) is 23.4. The van der Waals surface area contributed by atoms with E-state index >= 15 is 0 Å². The number of anilines is 1. The Morgan fingerprint density at radius 3 is 2.41 bits per heavy atom. The first-order chi connectivity index (χ1) is 15.6. The van der Waals surface area contributed by atoms with E-state index in [0.29, 0.717) is 5.02 Å². The molecule has 0 spiro atoms. The van der Waals surface area contributed by atoms with Crippen LogP contribution in [0.15, 0.2) is 70.3 Å². The third kappa shape index (κ3) is 3.96. The summed E-state index contributed by atoms with van der Waals surface area (Å²) in [6.07, 6.45) is 2.64. The molecule has 164 valence electrons. The van der Waals surface area contributed by atoms with Gasteiger partial charge in [-0.1, -0.05) is 35.9 Å². The monoisotopic (exact) mass is 482 g/mol. The second kappa shape index (κ2) is 8.93. The number of hydrogen-bond acceptors (Lipinski definition) is 5. The maximum absolute atomic E-state index is 13.4. The Kier molecular flexibility index (Phi) is 6.01. The van der Waals surface area contributed by atoms with E-state index in [9.17, 15) is 9.59 Å². The maximum atomic E-state index is 13.4. The fourth-order valence-electron chi connectivity index (χ4n) is 4.56. The molecule has 32 heavy (non-hydrogen) atoms. The maximum Gasteiger partial charge on any atom is 0.242 e. The number of thioether (sulfide) groups is 1. The predicted octanol–water partition coefficient (Wildman–Crippen LogP) is 5.50. The summed E-state index contributed by atoms with van der Waals surface area (Å²) in [5.41, 5.74) is 2.21. The lowest BCUT2D eigenvalue weighted by atomic mass is 9.77. The van der Waals surface area contributed by atoms with E-state index in [0.717, 1.165) is 29.1 Å². The molecule has 2 atom stereocenters.